The second kappa shape index (κ2) is 17.8. The number of carbonyl (C=O) groups is 4. The van der Waals surface area contributed by atoms with E-state index in [0.29, 0.717) is 53.1 Å². The Labute approximate surface area is 351 Å². The molecule has 5 N–H and O–H groups in total. The number of carbonyl (C=O) groups excluding carboxylic acids is 4. The molecule has 0 spiro atoms. The Bertz CT molecular complexity index is 2230. The van der Waals surface area contributed by atoms with E-state index in [-0.39, 0.29) is 37.0 Å². The lowest BCUT2D eigenvalue weighted by Crippen LogP contribution is -2.57. The first-order chi connectivity index (χ1) is 29.1. The summed E-state index contributed by atoms with van der Waals surface area (Å²) in [6.07, 6.45) is 9.92. The molecule has 3 fully saturated rings. The van der Waals surface area contributed by atoms with Gasteiger partial charge in [-0.3, -0.25) is 19.7 Å². The van der Waals surface area contributed by atoms with Crippen molar-refractivity contribution in [1.82, 2.24) is 46.1 Å². The van der Waals surface area contributed by atoms with Gasteiger partial charge in [0.15, 0.2) is 5.13 Å². The van der Waals surface area contributed by atoms with Gasteiger partial charge < -0.3 is 35.1 Å². The maximum absolute atomic E-state index is 14.8. The summed E-state index contributed by atoms with van der Waals surface area (Å²) in [5.74, 6) is -0.650. The number of ether oxygens (including phenoxy) is 3. The number of fused-ring (bicyclic) bond motifs is 3. The van der Waals surface area contributed by atoms with E-state index >= 15 is 0 Å². The topological polar surface area (TPSA) is 228 Å². The van der Waals surface area contributed by atoms with Crippen molar-refractivity contribution in [3.05, 3.63) is 41.8 Å². The summed E-state index contributed by atoms with van der Waals surface area (Å²) >= 11 is 1.47. The largest absolute Gasteiger partial charge is 0.497 e. The number of benzene rings is 1. The quantitative estimate of drug-likeness (QED) is 0.131. The number of hydrogen-bond acceptors (Lipinski definition) is 14. The Hall–Kier alpha value is -5.85. The molecule has 5 atom stereocenters. The van der Waals surface area contributed by atoms with Gasteiger partial charge in [-0.15, -0.1) is 16.4 Å². The molecule has 18 nitrogen and oxygen atoms in total. The highest BCUT2D eigenvalue weighted by atomic mass is 32.1. The van der Waals surface area contributed by atoms with Gasteiger partial charge in [0.2, 0.25) is 11.8 Å². The van der Waals surface area contributed by atoms with Crippen LogP contribution in [0.25, 0.3) is 22.3 Å². The number of tetrazole rings is 1. The highest BCUT2D eigenvalue weighted by molar-refractivity contribution is 7.14. The van der Waals surface area contributed by atoms with E-state index in [1.54, 1.807) is 7.11 Å². The number of aromatic nitrogens is 6. The summed E-state index contributed by atoms with van der Waals surface area (Å²) in [6, 6.07) is 5.53. The normalized spacial score (nSPS) is 25.4. The molecule has 4 amide bonds. The zero-order valence-corrected chi connectivity index (χ0v) is 34.8. The summed E-state index contributed by atoms with van der Waals surface area (Å²) in [6.45, 7) is 4.12. The van der Waals surface area contributed by atoms with Gasteiger partial charge in [-0.1, -0.05) is 30.1 Å². The Morgan fingerprint density at radius 2 is 1.85 bits per heavy atom. The Morgan fingerprint density at radius 1 is 1.02 bits per heavy atom. The van der Waals surface area contributed by atoms with Gasteiger partial charge >= 0.3 is 6.09 Å². The number of hydrogen-bond donors (Lipinski definition) is 5. The van der Waals surface area contributed by atoms with E-state index in [0.717, 1.165) is 50.1 Å². The summed E-state index contributed by atoms with van der Waals surface area (Å²) < 4.78 is 18.1. The molecule has 0 bridgehead atoms. The van der Waals surface area contributed by atoms with Crippen LogP contribution in [0, 0.1) is 5.92 Å². The van der Waals surface area contributed by atoms with Crippen LogP contribution >= 0.6 is 11.3 Å². The molecule has 0 unspecified atom stereocenters. The molecule has 2 saturated carbocycles. The van der Waals surface area contributed by atoms with Crippen molar-refractivity contribution in [2.45, 2.75) is 120 Å². The maximum Gasteiger partial charge on any atom is 0.408 e. The van der Waals surface area contributed by atoms with Crippen molar-refractivity contribution in [1.29, 1.82) is 0 Å². The van der Waals surface area contributed by atoms with Crippen LogP contribution in [0.2, 0.25) is 0 Å². The van der Waals surface area contributed by atoms with Crippen LogP contribution in [-0.2, 0) is 19.1 Å². The lowest BCUT2D eigenvalue weighted by atomic mass is 10.0. The number of rotatable bonds is 10. The predicted octanol–water partition coefficient (Wildman–Crippen LogP) is 5.12. The number of anilines is 2. The monoisotopic (exact) mass is 841 g/mol. The van der Waals surface area contributed by atoms with Crippen LogP contribution in [0.15, 0.2) is 41.8 Å². The molecule has 60 heavy (non-hydrogen) atoms. The summed E-state index contributed by atoms with van der Waals surface area (Å²) in [7, 11) is 1.59. The Morgan fingerprint density at radius 3 is 2.63 bits per heavy atom. The first-order valence-corrected chi connectivity index (χ1v) is 21.7. The number of alkyl carbamates (subject to hydrolysis) is 1. The van der Waals surface area contributed by atoms with Crippen LogP contribution in [-0.4, -0.2) is 109 Å². The average Bonchev–Trinajstić information content (AvgIpc) is 3.88. The minimum absolute atomic E-state index is 0.0229. The van der Waals surface area contributed by atoms with Gasteiger partial charge in [0.25, 0.3) is 11.9 Å². The minimum atomic E-state index is -1.31. The van der Waals surface area contributed by atoms with E-state index in [1.807, 2.05) is 55.6 Å². The fourth-order valence-electron chi connectivity index (χ4n) is 8.34. The molecule has 19 heteroatoms. The van der Waals surface area contributed by atoms with Crippen molar-refractivity contribution in [2.24, 2.45) is 5.92 Å². The second-order valence-corrected chi connectivity index (χ2v) is 17.1. The van der Waals surface area contributed by atoms with E-state index in [2.05, 4.69) is 41.9 Å². The molecule has 4 aromatic rings. The lowest BCUT2D eigenvalue weighted by molar-refractivity contribution is -0.141. The number of pyridine rings is 1. The maximum atomic E-state index is 14.8. The van der Waals surface area contributed by atoms with E-state index < -0.39 is 47.5 Å². The molecule has 3 aromatic heterocycles. The molecule has 318 valence electrons. The number of thiazole rings is 1. The minimum Gasteiger partial charge on any atom is -0.497 e. The zero-order chi connectivity index (χ0) is 41.8. The molecule has 4 aliphatic rings. The number of H-pyrrole nitrogens is 1. The van der Waals surface area contributed by atoms with Crippen molar-refractivity contribution in [2.75, 3.05) is 24.3 Å². The van der Waals surface area contributed by atoms with Gasteiger partial charge in [0, 0.05) is 41.3 Å². The standard InChI is InChI=1S/C41H51N11O7S/c1-23(2)42-39-44-32(22-60-39)31-19-34(28-16-15-26(57-3)17-30(28)43-31)58-27-18-33-35(53)47-41(37(55)46-38-48-50-51-49-38)20-24(41)11-7-5-4-6-8-14-29(36(54)52(33)21-27)45-40(56)59-25-12-9-10-13-25/h7,11,15-17,19,22-25,27,29,33H,4-6,8-10,12-14,18,20-21H2,1-3H3,(H,42,44)(H,45,56)(H,47,53)(H2,46,48,49,50,51,55)/b11-7-/t24-,27-,29+,33+,41-/m1/s1. The number of nitrogens with zero attached hydrogens (tertiary/aromatic N) is 6. The number of methoxy groups -OCH3 is 1. The third-order valence-electron chi connectivity index (χ3n) is 11.5. The van der Waals surface area contributed by atoms with Crippen LogP contribution in [0.5, 0.6) is 11.5 Å². The number of allylic oxidation sites excluding steroid dienone is 1. The molecule has 8 rings (SSSR count). The molecule has 5 heterocycles. The number of amides is 4. The van der Waals surface area contributed by atoms with Gasteiger partial charge in [0.1, 0.15) is 47.0 Å². The van der Waals surface area contributed by atoms with Gasteiger partial charge in [0.05, 0.1) is 24.9 Å². The van der Waals surface area contributed by atoms with Crippen LogP contribution in [0.3, 0.4) is 0 Å². The van der Waals surface area contributed by atoms with Crippen LogP contribution in [0.4, 0.5) is 15.9 Å². The summed E-state index contributed by atoms with van der Waals surface area (Å²) in [5, 5.41) is 28.9. The molecule has 1 aromatic carbocycles. The van der Waals surface area contributed by atoms with Gasteiger partial charge in [-0.05, 0) is 82.6 Å². The Kier molecular flexibility index (Phi) is 12.1. The lowest BCUT2D eigenvalue weighted by Gasteiger charge is -2.30. The molecular weight excluding hydrogens is 791 g/mol. The molecular formula is C41H51N11O7S. The predicted molar refractivity (Wildman–Crippen MR) is 222 cm³/mol. The molecule has 0 radical (unpaired) electrons. The van der Waals surface area contributed by atoms with E-state index in [9.17, 15) is 19.2 Å². The third kappa shape index (κ3) is 9.14. The molecule has 2 aliphatic carbocycles. The SMILES string of the molecule is COc1ccc2c(O[C@@H]3C[C@H]4C(=O)N[C@]5(C(=O)Nc6nn[nH]n6)C[C@H]5/C=C\CCCCC[C@H](NC(=O)OC5CCCC5)C(=O)N4C3)cc(-c3csc(NC(C)C)n3)nc2c1. The van der Waals surface area contributed by atoms with Crippen molar-refractivity contribution in [3.63, 3.8) is 0 Å². The summed E-state index contributed by atoms with van der Waals surface area (Å²) in [4.78, 5) is 67.7. The first kappa shape index (κ1) is 40.9. The highest BCUT2D eigenvalue weighted by Gasteiger charge is 2.61. The second-order valence-electron chi connectivity index (χ2n) is 16.2. The number of aromatic amines is 1. The van der Waals surface area contributed by atoms with Crippen LogP contribution < -0.4 is 30.7 Å². The van der Waals surface area contributed by atoms with Gasteiger partial charge in [-0.2, -0.15) is 5.21 Å². The summed E-state index contributed by atoms with van der Waals surface area (Å²) in [5.41, 5.74) is 0.536. The third-order valence-corrected chi connectivity index (χ3v) is 12.3. The average molecular weight is 842 g/mol. The van der Waals surface area contributed by atoms with Crippen LogP contribution in [0.1, 0.15) is 84.5 Å². The first-order valence-electron chi connectivity index (χ1n) is 20.8. The fraction of sp³-hybridized carbons (Fsp3) is 0.537. The smallest absolute Gasteiger partial charge is 0.408 e. The van der Waals surface area contributed by atoms with Crippen molar-refractivity contribution >= 4 is 57.1 Å². The van der Waals surface area contributed by atoms with Gasteiger partial charge in [-0.25, -0.2) is 14.8 Å². The van der Waals surface area contributed by atoms with Crippen molar-refractivity contribution < 1.29 is 33.4 Å². The highest BCUT2D eigenvalue weighted by Crippen LogP contribution is 2.46. The van der Waals surface area contributed by atoms with E-state index in [1.165, 1.54) is 16.2 Å². The van der Waals surface area contributed by atoms with E-state index in [4.69, 9.17) is 24.2 Å². The molecule has 1 saturated heterocycles. The zero-order valence-electron chi connectivity index (χ0n) is 33.9. The Balaban J connectivity index is 1.11. The van der Waals surface area contributed by atoms with Crippen molar-refractivity contribution in [3.8, 4) is 22.9 Å². The number of nitrogens with one attached hydrogen (secondary N) is 5. The molecule has 2 aliphatic heterocycles. The fourth-order valence-corrected chi connectivity index (χ4v) is 9.19.